The van der Waals surface area contributed by atoms with E-state index in [0.717, 1.165) is 12.0 Å². The first-order valence-corrected chi connectivity index (χ1v) is 5.28. The van der Waals surface area contributed by atoms with Gasteiger partial charge in [-0.25, -0.2) is 0 Å². The molecule has 1 aliphatic heterocycles. The first-order chi connectivity index (χ1) is 7.14. The van der Waals surface area contributed by atoms with Crippen molar-refractivity contribution in [2.75, 3.05) is 13.1 Å². The van der Waals surface area contributed by atoms with Gasteiger partial charge in [-0.05, 0) is 18.6 Å². The number of nitrogens with two attached hydrogens (primary N) is 1. The number of amides is 1. The Morgan fingerprint density at radius 1 is 1.40 bits per heavy atom. The Morgan fingerprint density at radius 2 is 2.00 bits per heavy atom. The van der Waals surface area contributed by atoms with E-state index in [-0.39, 0.29) is 11.4 Å². The molecule has 1 aliphatic rings. The molecule has 0 aliphatic carbocycles. The molecule has 1 aromatic carbocycles. The Balaban J connectivity index is 2.01. The topological polar surface area (TPSA) is 46.3 Å². The van der Waals surface area contributed by atoms with Crippen molar-refractivity contribution >= 4 is 5.91 Å². The fourth-order valence-electron chi connectivity index (χ4n) is 1.84. The zero-order valence-electron chi connectivity index (χ0n) is 8.94. The zero-order chi connectivity index (χ0) is 10.9. The highest BCUT2D eigenvalue weighted by Gasteiger charge is 2.40. The number of hydrogen-bond acceptors (Lipinski definition) is 2. The van der Waals surface area contributed by atoms with Crippen LogP contribution in [-0.2, 0) is 0 Å². The Morgan fingerprint density at radius 3 is 2.53 bits per heavy atom. The minimum Gasteiger partial charge on any atom is -0.335 e. The summed E-state index contributed by atoms with van der Waals surface area (Å²) in [6.45, 7) is 3.42. The summed E-state index contributed by atoms with van der Waals surface area (Å²) < 4.78 is 0. The molecule has 0 unspecified atom stereocenters. The highest BCUT2D eigenvalue weighted by Crippen LogP contribution is 2.23. The van der Waals surface area contributed by atoms with Crippen molar-refractivity contribution in [3.63, 3.8) is 0 Å². The van der Waals surface area contributed by atoms with E-state index in [1.54, 1.807) is 4.90 Å². The van der Waals surface area contributed by atoms with Crippen LogP contribution in [0, 0.1) is 0 Å². The van der Waals surface area contributed by atoms with E-state index >= 15 is 0 Å². The smallest absolute Gasteiger partial charge is 0.253 e. The molecule has 0 aromatic heterocycles. The quantitative estimate of drug-likeness (QED) is 0.788. The number of rotatable bonds is 2. The van der Waals surface area contributed by atoms with Gasteiger partial charge in [-0.3, -0.25) is 4.79 Å². The lowest BCUT2D eigenvalue weighted by Crippen LogP contribution is -2.68. The summed E-state index contributed by atoms with van der Waals surface area (Å²) in [7, 11) is 0. The predicted molar refractivity (Wildman–Crippen MR) is 59.6 cm³/mol. The van der Waals surface area contributed by atoms with Gasteiger partial charge in [0.1, 0.15) is 0 Å². The van der Waals surface area contributed by atoms with Crippen LogP contribution in [0.4, 0.5) is 0 Å². The van der Waals surface area contributed by atoms with Crippen molar-refractivity contribution in [2.24, 2.45) is 5.73 Å². The number of hydrogen-bond donors (Lipinski definition) is 1. The van der Waals surface area contributed by atoms with Crippen molar-refractivity contribution in [1.82, 2.24) is 4.90 Å². The summed E-state index contributed by atoms with van der Waals surface area (Å²) in [6.07, 6.45) is 0.922. The number of carbonyl (C=O) groups excluding carboxylic acids is 1. The molecule has 0 radical (unpaired) electrons. The second-order valence-corrected chi connectivity index (χ2v) is 4.24. The van der Waals surface area contributed by atoms with Crippen LogP contribution in [0.2, 0.25) is 0 Å². The fraction of sp³-hybridized carbons (Fsp3) is 0.417. The van der Waals surface area contributed by atoms with Crippen molar-refractivity contribution in [3.8, 4) is 0 Å². The maximum Gasteiger partial charge on any atom is 0.253 e. The molecule has 1 saturated heterocycles. The van der Waals surface area contributed by atoms with Crippen molar-refractivity contribution < 1.29 is 4.79 Å². The largest absolute Gasteiger partial charge is 0.335 e. The van der Waals surface area contributed by atoms with Crippen LogP contribution in [0.15, 0.2) is 30.3 Å². The highest BCUT2D eigenvalue weighted by atomic mass is 16.2. The minimum atomic E-state index is -0.148. The maximum atomic E-state index is 11.9. The van der Waals surface area contributed by atoms with Crippen molar-refractivity contribution in [3.05, 3.63) is 35.9 Å². The SMILES string of the molecule is CCC1(N)CN(C(=O)c2ccccc2)C1. The van der Waals surface area contributed by atoms with Crippen LogP contribution in [0.5, 0.6) is 0 Å². The molecule has 0 bridgehead atoms. The van der Waals surface area contributed by atoms with E-state index in [1.807, 2.05) is 30.3 Å². The molecule has 1 heterocycles. The van der Waals surface area contributed by atoms with Gasteiger partial charge in [0, 0.05) is 18.7 Å². The van der Waals surface area contributed by atoms with Gasteiger partial charge in [-0.1, -0.05) is 25.1 Å². The van der Waals surface area contributed by atoms with Crippen LogP contribution < -0.4 is 5.73 Å². The Labute approximate surface area is 89.9 Å². The molecule has 1 aromatic rings. The Bertz CT molecular complexity index is 355. The average Bonchev–Trinajstić information content (AvgIpc) is 2.25. The highest BCUT2D eigenvalue weighted by molar-refractivity contribution is 5.94. The summed E-state index contributed by atoms with van der Waals surface area (Å²) in [6, 6.07) is 9.34. The summed E-state index contributed by atoms with van der Waals surface area (Å²) in [5.74, 6) is 0.0881. The second-order valence-electron chi connectivity index (χ2n) is 4.24. The number of nitrogens with zero attached hydrogens (tertiary/aromatic N) is 1. The molecule has 15 heavy (non-hydrogen) atoms. The summed E-state index contributed by atoms with van der Waals surface area (Å²) >= 11 is 0. The van der Waals surface area contributed by atoms with Gasteiger partial charge >= 0.3 is 0 Å². The predicted octanol–water partition coefficient (Wildman–Crippen LogP) is 1.25. The average molecular weight is 204 g/mol. The third-order valence-corrected chi connectivity index (χ3v) is 3.02. The normalized spacial score (nSPS) is 18.4. The van der Waals surface area contributed by atoms with E-state index in [2.05, 4.69) is 6.92 Å². The standard InChI is InChI=1S/C12H16N2O/c1-2-12(13)8-14(9-12)11(15)10-6-4-3-5-7-10/h3-7H,2,8-9,13H2,1H3. The zero-order valence-corrected chi connectivity index (χ0v) is 8.94. The van der Waals surface area contributed by atoms with E-state index < -0.39 is 0 Å². The summed E-state index contributed by atoms with van der Waals surface area (Å²) in [5, 5.41) is 0. The minimum absolute atomic E-state index is 0.0881. The molecular weight excluding hydrogens is 188 g/mol. The molecule has 1 fully saturated rings. The van der Waals surface area contributed by atoms with Crippen LogP contribution in [0.25, 0.3) is 0 Å². The van der Waals surface area contributed by atoms with E-state index in [1.165, 1.54) is 0 Å². The summed E-state index contributed by atoms with van der Waals surface area (Å²) in [5.41, 5.74) is 6.61. The first kappa shape index (κ1) is 10.2. The van der Waals surface area contributed by atoms with Gasteiger partial charge in [-0.2, -0.15) is 0 Å². The third kappa shape index (κ3) is 1.88. The van der Waals surface area contributed by atoms with Crippen molar-refractivity contribution in [1.29, 1.82) is 0 Å². The lowest BCUT2D eigenvalue weighted by Gasteiger charge is -2.47. The number of carbonyl (C=O) groups is 1. The third-order valence-electron chi connectivity index (χ3n) is 3.02. The molecule has 80 valence electrons. The monoisotopic (exact) mass is 204 g/mol. The van der Waals surface area contributed by atoms with Gasteiger partial charge in [0.2, 0.25) is 0 Å². The molecule has 2 N–H and O–H groups in total. The summed E-state index contributed by atoms with van der Waals surface area (Å²) in [4.78, 5) is 13.7. The number of likely N-dealkylation sites (tertiary alicyclic amines) is 1. The molecular formula is C12H16N2O. The van der Waals surface area contributed by atoms with Crippen LogP contribution in [0.1, 0.15) is 23.7 Å². The van der Waals surface area contributed by atoms with Crippen LogP contribution in [0.3, 0.4) is 0 Å². The van der Waals surface area contributed by atoms with Crippen LogP contribution >= 0.6 is 0 Å². The lowest BCUT2D eigenvalue weighted by molar-refractivity contribution is 0.0401. The van der Waals surface area contributed by atoms with Gasteiger partial charge in [0.15, 0.2) is 0 Å². The molecule has 3 heteroatoms. The molecule has 0 atom stereocenters. The Hall–Kier alpha value is -1.35. The Kier molecular flexibility index (Phi) is 2.49. The van der Waals surface area contributed by atoms with Gasteiger partial charge in [0.05, 0.1) is 5.54 Å². The van der Waals surface area contributed by atoms with Gasteiger partial charge in [0.25, 0.3) is 5.91 Å². The van der Waals surface area contributed by atoms with Crippen LogP contribution in [-0.4, -0.2) is 29.4 Å². The lowest BCUT2D eigenvalue weighted by atomic mass is 9.88. The van der Waals surface area contributed by atoms with Crippen molar-refractivity contribution in [2.45, 2.75) is 18.9 Å². The van der Waals surface area contributed by atoms with E-state index in [0.29, 0.717) is 13.1 Å². The first-order valence-electron chi connectivity index (χ1n) is 5.28. The van der Waals surface area contributed by atoms with E-state index in [4.69, 9.17) is 5.73 Å². The van der Waals surface area contributed by atoms with Gasteiger partial charge < -0.3 is 10.6 Å². The molecule has 2 rings (SSSR count). The van der Waals surface area contributed by atoms with E-state index in [9.17, 15) is 4.79 Å². The van der Waals surface area contributed by atoms with Gasteiger partial charge in [-0.15, -0.1) is 0 Å². The molecule has 0 spiro atoms. The molecule has 3 nitrogen and oxygen atoms in total. The second kappa shape index (κ2) is 3.66. The number of benzene rings is 1. The fourth-order valence-corrected chi connectivity index (χ4v) is 1.84. The maximum absolute atomic E-state index is 11.9. The molecule has 0 saturated carbocycles. The molecule has 1 amide bonds.